The van der Waals surface area contributed by atoms with Crippen molar-refractivity contribution in [1.29, 1.82) is 0 Å². The van der Waals surface area contributed by atoms with Crippen molar-refractivity contribution in [2.24, 2.45) is 0 Å². The number of piperidine rings is 1. The molecule has 1 aliphatic rings. The van der Waals surface area contributed by atoms with Gasteiger partial charge in [-0.1, -0.05) is 0 Å². The maximum atomic E-state index is 12.7. The van der Waals surface area contributed by atoms with Crippen LogP contribution in [0.15, 0.2) is 4.42 Å². The van der Waals surface area contributed by atoms with Crippen LogP contribution in [0.4, 0.5) is 19.2 Å². The number of aliphatic hydroxyl groups excluding tert-OH is 1. The molecule has 1 N–H and O–H groups in total. The van der Waals surface area contributed by atoms with Crippen LogP contribution >= 0.6 is 0 Å². The summed E-state index contributed by atoms with van der Waals surface area (Å²) in [4.78, 5) is 5.07. The molecule has 0 spiro atoms. The zero-order valence-corrected chi connectivity index (χ0v) is 10.4. The van der Waals surface area contributed by atoms with E-state index in [-0.39, 0.29) is 12.1 Å². The quantitative estimate of drug-likeness (QED) is 0.915. The second kappa shape index (κ2) is 5.38. The molecule has 19 heavy (non-hydrogen) atoms. The third kappa shape index (κ3) is 3.01. The number of rotatable bonds is 3. The second-order valence-electron chi connectivity index (χ2n) is 4.37. The van der Waals surface area contributed by atoms with Crippen LogP contribution < -0.4 is 4.90 Å². The molecule has 0 radical (unpaired) electrons. The monoisotopic (exact) mass is 280 g/mol. The summed E-state index contributed by atoms with van der Waals surface area (Å²) in [6.07, 6.45) is -3.04. The van der Waals surface area contributed by atoms with Gasteiger partial charge < -0.3 is 19.2 Å². The number of ether oxygens (including phenoxy) is 1. The van der Waals surface area contributed by atoms with E-state index in [9.17, 15) is 13.2 Å². The van der Waals surface area contributed by atoms with Crippen LogP contribution in [-0.2, 0) is 17.5 Å². The number of halogens is 3. The van der Waals surface area contributed by atoms with E-state index in [1.165, 1.54) is 0 Å². The Kier molecular flexibility index (Phi) is 4.00. The highest BCUT2D eigenvalue weighted by molar-refractivity contribution is 5.32. The molecule has 1 fully saturated rings. The first kappa shape index (κ1) is 14.1. The smallest absolute Gasteiger partial charge is 0.425 e. The van der Waals surface area contributed by atoms with Gasteiger partial charge in [0.25, 0.3) is 6.01 Å². The van der Waals surface area contributed by atoms with Crippen LogP contribution in [0.2, 0.25) is 0 Å². The van der Waals surface area contributed by atoms with Crippen LogP contribution in [0, 0.1) is 0 Å². The van der Waals surface area contributed by atoms with Gasteiger partial charge in [-0.3, -0.25) is 0 Å². The lowest BCUT2D eigenvalue weighted by Crippen LogP contribution is -2.39. The Morgan fingerprint density at radius 1 is 1.53 bits per heavy atom. The molecule has 2 rings (SSSR count). The van der Waals surface area contributed by atoms with Crippen LogP contribution in [0.1, 0.15) is 24.3 Å². The van der Waals surface area contributed by atoms with Crippen molar-refractivity contribution < 1.29 is 27.4 Å². The number of alkyl halides is 3. The Morgan fingerprint density at radius 2 is 2.26 bits per heavy atom. The van der Waals surface area contributed by atoms with Crippen molar-refractivity contribution in [3.8, 4) is 0 Å². The number of nitrogens with zero attached hydrogens (tertiary/aromatic N) is 2. The van der Waals surface area contributed by atoms with Crippen molar-refractivity contribution >= 4 is 6.01 Å². The molecule has 5 nitrogen and oxygen atoms in total. The largest absolute Gasteiger partial charge is 0.437 e. The van der Waals surface area contributed by atoms with Crippen LogP contribution in [0.5, 0.6) is 0 Å². The zero-order chi connectivity index (χ0) is 14.0. The molecule has 1 aromatic rings. The van der Waals surface area contributed by atoms with Gasteiger partial charge in [0.1, 0.15) is 6.61 Å². The van der Waals surface area contributed by atoms with E-state index in [0.717, 1.165) is 12.8 Å². The summed E-state index contributed by atoms with van der Waals surface area (Å²) in [5.74, 6) is -0.554. The maximum absolute atomic E-state index is 12.7. The SMILES string of the molecule is COC1CCCN(c2nc(C(F)(F)F)c(CO)o2)C1. The van der Waals surface area contributed by atoms with Crippen molar-refractivity contribution in [3.05, 3.63) is 11.5 Å². The van der Waals surface area contributed by atoms with Gasteiger partial charge in [-0.25, -0.2) is 0 Å². The minimum atomic E-state index is -4.63. The third-order valence-corrected chi connectivity index (χ3v) is 3.08. The fraction of sp³-hybridized carbons (Fsp3) is 0.727. The van der Waals surface area contributed by atoms with Gasteiger partial charge in [0.2, 0.25) is 0 Å². The molecule has 0 aliphatic carbocycles. The van der Waals surface area contributed by atoms with Gasteiger partial charge in [-0.15, -0.1) is 0 Å². The number of oxazole rings is 1. The van der Waals surface area contributed by atoms with E-state index in [1.54, 1.807) is 12.0 Å². The fourth-order valence-electron chi connectivity index (χ4n) is 2.11. The number of aromatic nitrogens is 1. The fourth-order valence-corrected chi connectivity index (χ4v) is 2.11. The number of hydrogen-bond acceptors (Lipinski definition) is 5. The third-order valence-electron chi connectivity index (χ3n) is 3.08. The predicted octanol–water partition coefficient (Wildman–Crippen LogP) is 1.80. The van der Waals surface area contributed by atoms with E-state index in [0.29, 0.717) is 13.1 Å². The summed E-state index contributed by atoms with van der Waals surface area (Å²) in [5.41, 5.74) is -1.16. The normalized spacial score (nSPS) is 20.9. The second-order valence-corrected chi connectivity index (χ2v) is 4.37. The van der Waals surface area contributed by atoms with Crippen LogP contribution in [0.3, 0.4) is 0 Å². The Morgan fingerprint density at radius 3 is 2.79 bits per heavy atom. The maximum Gasteiger partial charge on any atom is 0.437 e. The minimum Gasteiger partial charge on any atom is -0.425 e. The lowest BCUT2D eigenvalue weighted by atomic mass is 10.1. The van der Waals surface area contributed by atoms with Crippen LogP contribution in [0.25, 0.3) is 0 Å². The molecular formula is C11H15F3N2O3. The van der Waals surface area contributed by atoms with Crippen LogP contribution in [-0.4, -0.2) is 36.4 Å². The van der Waals surface area contributed by atoms with Gasteiger partial charge in [-0.2, -0.15) is 18.2 Å². The van der Waals surface area contributed by atoms with Crippen molar-refractivity contribution in [3.63, 3.8) is 0 Å². The summed E-state index contributed by atoms with van der Waals surface area (Å²) in [5, 5.41) is 8.91. The molecule has 0 saturated carbocycles. The lowest BCUT2D eigenvalue weighted by Gasteiger charge is -2.30. The highest BCUT2D eigenvalue weighted by atomic mass is 19.4. The number of methoxy groups -OCH3 is 1. The zero-order valence-electron chi connectivity index (χ0n) is 10.4. The van der Waals surface area contributed by atoms with E-state index < -0.39 is 24.2 Å². The van der Waals surface area contributed by atoms with Gasteiger partial charge in [0.15, 0.2) is 11.5 Å². The summed E-state index contributed by atoms with van der Waals surface area (Å²) >= 11 is 0. The molecule has 0 aromatic carbocycles. The Hall–Kier alpha value is -1.28. The van der Waals surface area contributed by atoms with Gasteiger partial charge in [0.05, 0.1) is 6.10 Å². The average Bonchev–Trinajstić information content (AvgIpc) is 2.83. The molecule has 108 valence electrons. The molecule has 1 unspecified atom stereocenters. The Labute approximate surface area is 108 Å². The number of anilines is 1. The van der Waals surface area contributed by atoms with Gasteiger partial charge in [-0.05, 0) is 12.8 Å². The molecule has 0 amide bonds. The van der Waals surface area contributed by atoms with E-state index in [2.05, 4.69) is 4.98 Å². The summed E-state index contributed by atoms with van der Waals surface area (Å²) < 4.78 is 48.2. The Bertz CT molecular complexity index is 433. The highest BCUT2D eigenvalue weighted by Gasteiger charge is 2.39. The first-order chi connectivity index (χ1) is 8.95. The standard InChI is InChI=1S/C11H15F3N2O3/c1-18-7-3-2-4-16(5-7)10-15-9(11(12,13)14)8(6-17)19-10/h7,17H,2-6H2,1H3. The van der Waals surface area contributed by atoms with Crippen molar-refractivity contribution in [1.82, 2.24) is 4.98 Å². The minimum absolute atomic E-state index is 0.0486. The van der Waals surface area contributed by atoms with E-state index >= 15 is 0 Å². The van der Waals surface area contributed by atoms with Crippen molar-refractivity contribution in [2.45, 2.75) is 31.7 Å². The molecule has 8 heteroatoms. The molecule has 2 heterocycles. The highest BCUT2D eigenvalue weighted by Crippen LogP contribution is 2.34. The average molecular weight is 280 g/mol. The topological polar surface area (TPSA) is 58.7 Å². The van der Waals surface area contributed by atoms with E-state index in [4.69, 9.17) is 14.3 Å². The molecule has 1 saturated heterocycles. The first-order valence-corrected chi connectivity index (χ1v) is 5.91. The number of hydrogen-bond donors (Lipinski definition) is 1. The van der Waals surface area contributed by atoms with Crippen molar-refractivity contribution in [2.75, 3.05) is 25.1 Å². The van der Waals surface area contributed by atoms with E-state index in [1.807, 2.05) is 0 Å². The molecule has 1 aliphatic heterocycles. The molecule has 1 atom stereocenters. The summed E-state index contributed by atoms with van der Waals surface area (Å²) in [6, 6.07) is -0.113. The Balaban J connectivity index is 2.23. The van der Waals surface area contributed by atoms with Gasteiger partial charge >= 0.3 is 6.18 Å². The first-order valence-electron chi connectivity index (χ1n) is 5.91. The molecule has 0 bridgehead atoms. The molecule has 1 aromatic heterocycles. The van der Waals surface area contributed by atoms with Gasteiger partial charge in [0, 0.05) is 20.2 Å². The summed E-state index contributed by atoms with van der Waals surface area (Å²) in [7, 11) is 1.56. The number of aliphatic hydroxyl groups is 1. The summed E-state index contributed by atoms with van der Waals surface area (Å²) in [6.45, 7) is 0.158. The molecular weight excluding hydrogens is 265 g/mol. The lowest BCUT2D eigenvalue weighted by molar-refractivity contribution is -0.142. The predicted molar refractivity (Wildman–Crippen MR) is 59.7 cm³/mol.